The van der Waals surface area contributed by atoms with Crippen molar-refractivity contribution in [3.8, 4) is 0 Å². The largest absolute Gasteiger partial charge is 0.328 e. The van der Waals surface area contributed by atoms with Crippen molar-refractivity contribution in [3.05, 3.63) is 10.5 Å². The molecule has 1 atom stereocenters. The summed E-state index contributed by atoms with van der Waals surface area (Å²) in [5.74, 6) is 0. The molecule has 0 saturated carbocycles. The molecule has 2 aromatic rings. The maximum absolute atomic E-state index is 5.48. The van der Waals surface area contributed by atoms with E-state index in [4.69, 9.17) is 12.2 Å². The van der Waals surface area contributed by atoms with Gasteiger partial charge in [0.1, 0.15) is 5.52 Å². The lowest BCUT2D eigenvalue weighted by Gasteiger charge is -2.23. The van der Waals surface area contributed by atoms with Crippen molar-refractivity contribution >= 4 is 23.4 Å². The highest BCUT2D eigenvalue weighted by Crippen LogP contribution is 2.22. The van der Waals surface area contributed by atoms with Crippen molar-refractivity contribution < 1.29 is 0 Å². The molecule has 0 aromatic carbocycles. The molecule has 0 bridgehead atoms. The van der Waals surface area contributed by atoms with E-state index in [9.17, 15) is 0 Å². The van der Waals surface area contributed by atoms with Gasteiger partial charge in [0.25, 0.3) is 0 Å². The van der Waals surface area contributed by atoms with E-state index < -0.39 is 0 Å². The van der Waals surface area contributed by atoms with E-state index in [1.165, 1.54) is 19.4 Å². The average Bonchev–Trinajstić information content (AvgIpc) is 3.01. The zero-order chi connectivity index (χ0) is 13.6. The number of fused-ring (bicyclic) bond motifs is 1. The van der Waals surface area contributed by atoms with Crippen LogP contribution in [0.15, 0.2) is 0 Å². The van der Waals surface area contributed by atoms with Gasteiger partial charge in [-0.2, -0.15) is 5.10 Å². The molecule has 1 N–H and O–H groups in total. The third kappa shape index (κ3) is 2.03. The summed E-state index contributed by atoms with van der Waals surface area (Å²) >= 11 is 5.48. The smallest absolute Gasteiger partial charge is 0.179 e. The van der Waals surface area contributed by atoms with E-state index in [0.29, 0.717) is 6.04 Å². The van der Waals surface area contributed by atoms with Crippen LogP contribution in [-0.4, -0.2) is 43.4 Å². The number of imidazole rings is 1. The van der Waals surface area contributed by atoms with E-state index in [0.717, 1.165) is 34.7 Å². The Bertz CT molecular complexity index is 650. The SMILES string of the molecule is CCN1CCCC1Cn1c(=S)[nH]c2c(C)nn(C)c21. The Hall–Kier alpha value is -1.14. The van der Waals surface area contributed by atoms with Crippen molar-refractivity contribution in [3.63, 3.8) is 0 Å². The zero-order valence-corrected chi connectivity index (χ0v) is 12.6. The van der Waals surface area contributed by atoms with Gasteiger partial charge in [-0.3, -0.25) is 9.58 Å². The molecule has 0 aliphatic carbocycles. The molecular weight excluding hydrogens is 258 g/mol. The predicted molar refractivity (Wildman–Crippen MR) is 78.9 cm³/mol. The van der Waals surface area contributed by atoms with Gasteiger partial charge in [0.15, 0.2) is 10.4 Å². The standard InChI is InChI=1S/C13H21N5S/c1-4-17-7-5-6-10(17)8-18-12-11(14-13(18)19)9(2)15-16(12)3/h10H,4-8H2,1-3H3,(H,14,19). The Kier molecular flexibility index (Phi) is 3.22. The summed E-state index contributed by atoms with van der Waals surface area (Å²) in [4.78, 5) is 5.84. The quantitative estimate of drug-likeness (QED) is 0.876. The molecule has 1 saturated heterocycles. The number of rotatable bonds is 3. The Balaban J connectivity index is 2.01. The minimum Gasteiger partial charge on any atom is -0.328 e. The number of nitrogens with one attached hydrogen (secondary N) is 1. The Morgan fingerprint density at radius 2 is 2.26 bits per heavy atom. The van der Waals surface area contributed by atoms with Crippen LogP contribution in [0.3, 0.4) is 0 Å². The van der Waals surface area contributed by atoms with Crippen LogP contribution in [-0.2, 0) is 13.6 Å². The molecule has 1 aliphatic heterocycles. The summed E-state index contributed by atoms with van der Waals surface area (Å²) in [5.41, 5.74) is 3.21. The van der Waals surface area contributed by atoms with Crippen LogP contribution >= 0.6 is 12.2 Å². The van der Waals surface area contributed by atoms with Gasteiger partial charge in [-0.25, -0.2) is 0 Å². The number of hydrogen-bond acceptors (Lipinski definition) is 3. The third-order valence-corrected chi connectivity index (χ3v) is 4.55. The number of H-pyrrole nitrogens is 1. The first-order chi connectivity index (χ1) is 9.11. The van der Waals surface area contributed by atoms with E-state index >= 15 is 0 Å². The second-order valence-electron chi connectivity index (χ2n) is 5.37. The van der Waals surface area contributed by atoms with Gasteiger partial charge in [-0.1, -0.05) is 6.92 Å². The lowest BCUT2D eigenvalue weighted by Crippen LogP contribution is -2.32. The summed E-state index contributed by atoms with van der Waals surface area (Å²) < 4.78 is 4.96. The molecular formula is C13H21N5S. The lowest BCUT2D eigenvalue weighted by molar-refractivity contribution is 0.244. The van der Waals surface area contributed by atoms with E-state index in [1.54, 1.807) is 0 Å². The highest BCUT2D eigenvalue weighted by molar-refractivity contribution is 7.71. The van der Waals surface area contributed by atoms with Crippen LogP contribution in [0.1, 0.15) is 25.5 Å². The number of nitrogens with zero attached hydrogens (tertiary/aromatic N) is 4. The first-order valence-electron chi connectivity index (χ1n) is 6.98. The molecule has 19 heavy (non-hydrogen) atoms. The van der Waals surface area contributed by atoms with Gasteiger partial charge in [0.2, 0.25) is 0 Å². The minimum atomic E-state index is 0.603. The molecule has 3 heterocycles. The van der Waals surface area contributed by atoms with E-state index in [1.807, 2.05) is 18.7 Å². The van der Waals surface area contributed by atoms with E-state index in [2.05, 4.69) is 26.5 Å². The van der Waals surface area contributed by atoms with Gasteiger partial charge in [-0.15, -0.1) is 0 Å². The number of aromatic nitrogens is 4. The van der Waals surface area contributed by atoms with Gasteiger partial charge in [-0.05, 0) is 45.1 Å². The maximum Gasteiger partial charge on any atom is 0.179 e. The fraction of sp³-hybridized carbons (Fsp3) is 0.692. The van der Waals surface area contributed by atoms with Crippen LogP contribution < -0.4 is 0 Å². The summed E-state index contributed by atoms with van der Waals surface area (Å²) in [6.45, 7) is 7.55. The number of likely N-dealkylation sites (tertiary alicyclic amines) is 1. The highest BCUT2D eigenvalue weighted by Gasteiger charge is 2.25. The zero-order valence-electron chi connectivity index (χ0n) is 11.8. The summed E-state index contributed by atoms with van der Waals surface area (Å²) in [6, 6.07) is 0.603. The van der Waals surface area contributed by atoms with Crippen LogP contribution in [0.5, 0.6) is 0 Å². The topological polar surface area (TPSA) is 41.8 Å². The molecule has 1 aliphatic rings. The van der Waals surface area contributed by atoms with Crippen LogP contribution in [0, 0.1) is 11.7 Å². The summed E-state index contributed by atoms with van der Waals surface area (Å²) in [7, 11) is 1.99. The Labute approximate surface area is 118 Å². The second kappa shape index (κ2) is 4.76. The van der Waals surface area contributed by atoms with Gasteiger partial charge < -0.3 is 9.55 Å². The molecule has 3 rings (SSSR count). The number of aryl methyl sites for hydroxylation is 2. The molecule has 104 valence electrons. The first kappa shape index (κ1) is 12.9. The Morgan fingerprint density at radius 3 is 3.00 bits per heavy atom. The molecule has 2 aromatic heterocycles. The first-order valence-corrected chi connectivity index (χ1v) is 7.38. The normalized spacial score (nSPS) is 20.7. The fourth-order valence-corrected chi connectivity index (χ4v) is 3.53. The lowest BCUT2D eigenvalue weighted by atomic mass is 10.2. The summed E-state index contributed by atoms with van der Waals surface area (Å²) in [5, 5.41) is 4.47. The fourth-order valence-electron chi connectivity index (χ4n) is 3.27. The van der Waals surface area contributed by atoms with Crippen molar-refractivity contribution in [2.75, 3.05) is 13.1 Å². The molecule has 0 radical (unpaired) electrons. The number of aromatic amines is 1. The predicted octanol–water partition coefficient (Wildman–Crippen LogP) is 2.23. The molecule has 5 nitrogen and oxygen atoms in total. The van der Waals surface area contributed by atoms with Gasteiger partial charge in [0.05, 0.1) is 5.69 Å². The van der Waals surface area contributed by atoms with Gasteiger partial charge >= 0.3 is 0 Å². The van der Waals surface area contributed by atoms with Crippen molar-refractivity contribution in [2.24, 2.45) is 7.05 Å². The molecule has 6 heteroatoms. The average molecular weight is 279 g/mol. The van der Waals surface area contributed by atoms with Crippen LogP contribution in [0.4, 0.5) is 0 Å². The molecule has 0 amide bonds. The molecule has 0 spiro atoms. The molecule has 1 fully saturated rings. The van der Waals surface area contributed by atoms with Crippen molar-refractivity contribution in [1.29, 1.82) is 0 Å². The van der Waals surface area contributed by atoms with Crippen molar-refractivity contribution in [1.82, 2.24) is 24.2 Å². The Morgan fingerprint density at radius 1 is 1.47 bits per heavy atom. The van der Waals surface area contributed by atoms with E-state index in [-0.39, 0.29) is 0 Å². The molecule has 1 unspecified atom stereocenters. The number of likely N-dealkylation sites (N-methyl/N-ethyl adjacent to an activating group) is 1. The minimum absolute atomic E-state index is 0.603. The maximum atomic E-state index is 5.48. The monoisotopic (exact) mass is 279 g/mol. The highest BCUT2D eigenvalue weighted by atomic mass is 32.1. The van der Waals surface area contributed by atoms with Crippen LogP contribution in [0.25, 0.3) is 11.2 Å². The van der Waals surface area contributed by atoms with Gasteiger partial charge in [0, 0.05) is 19.6 Å². The van der Waals surface area contributed by atoms with Crippen LogP contribution in [0.2, 0.25) is 0 Å². The van der Waals surface area contributed by atoms with Crippen molar-refractivity contribution in [2.45, 2.75) is 39.3 Å². The third-order valence-electron chi connectivity index (χ3n) is 4.22. The number of hydrogen-bond donors (Lipinski definition) is 1. The summed E-state index contributed by atoms with van der Waals surface area (Å²) in [6.07, 6.45) is 2.56. The second-order valence-corrected chi connectivity index (χ2v) is 5.76.